The first kappa shape index (κ1) is 13.0. The molecule has 0 amide bonds. The molecule has 2 aromatic rings. The molecule has 4 nitrogen and oxygen atoms in total. The van der Waals surface area contributed by atoms with Gasteiger partial charge in [-0.15, -0.1) is 0 Å². The highest BCUT2D eigenvalue weighted by atomic mass is 79.9. The fourth-order valence-electron chi connectivity index (χ4n) is 1.36. The monoisotopic (exact) mass is 370 g/mol. The van der Waals surface area contributed by atoms with Crippen LogP contribution in [0.4, 0.5) is 11.4 Å². The van der Waals surface area contributed by atoms with Gasteiger partial charge in [0.15, 0.2) is 0 Å². The molecule has 2 rings (SSSR count). The zero-order valence-corrected chi connectivity index (χ0v) is 12.2. The molecule has 0 saturated heterocycles. The summed E-state index contributed by atoms with van der Waals surface area (Å²) in [5, 5.41) is 11.9. The molecule has 0 aliphatic carbocycles. The van der Waals surface area contributed by atoms with Gasteiger partial charge in [-0.2, -0.15) is 0 Å². The van der Waals surface area contributed by atoms with E-state index < -0.39 is 5.97 Å². The lowest BCUT2D eigenvalue weighted by Gasteiger charge is -2.10. The number of carbonyl (C=O) groups is 1. The predicted octanol–water partition coefficient (Wildman–Crippen LogP) is 4.05. The molecule has 0 saturated carbocycles. The maximum atomic E-state index is 10.7. The van der Waals surface area contributed by atoms with Gasteiger partial charge >= 0.3 is 5.97 Å². The van der Waals surface area contributed by atoms with E-state index in [1.807, 2.05) is 18.2 Å². The molecule has 92 valence electrons. The van der Waals surface area contributed by atoms with E-state index in [1.165, 1.54) is 12.3 Å². The number of pyridine rings is 1. The number of nitrogens with zero attached hydrogens (tertiary/aromatic N) is 1. The van der Waals surface area contributed by atoms with E-state index in [-0.39, 0.29) is 5.69 Å². The van der Waals surface area contributed by atoms with Crippen molar-refractivity contribution >= 4 is 49.2 Å². The van der Waals surface area contributed by atoms with Gasteiger partial charge in [0.1, 0.15) is 5.69 Å². The summed E-state index contributed by atoms with van der Waals surface area (Å²) >= 11 is 6.87. The van der Waals surface area contributed by atoms with Gasteiger partial charge < -0.3 is 10.4 Å². The Kier molecular flexibility index (Phi) is 3.98. The first-order chi connectivity index (χ1) is 8.58. The van der Waals surface area contributed by atoms with Crippen LogP contribution < -0.4 is 5.32 Å². The second kappa shape index (κ2) is 5.49. The summed E-state index contributed by atoms with van der Waals surface area (Å²) in [7, 11) is 0. The Balaban J connectivity index is 2.26. The van der Waals surface area contributed by atoms with Crippen LogP contribution in [-0.2, 0) is 0 Å². The number of anilines is 2. The SMILES string of the molecule is O=C(O)c1ccc(Nc2c(Br)cccc2Br)cn1. The van der Waals surface area contributed by atoms with Crippen LogP contribution in [0.25, 0.3) is 0 Å². The molecule has 1 heterocycles. The lowest BCUT2D eigenvalue weighted by Crippen LogP contribution is -2.00. The molecule has 1 aromatic carbocycles. The molecule has 0 aliphatic heterocycles. The number of hydrogen-bond donors (Lipinski definition) is 2. The molecule has 6 heteroatoms. The van der Waals surface area contributed by atoms with Gasteiger partial charge in [-0.1, -0.05) is 6.07 Å². The molecule has 0 bridgehead atoms. The molecule has 1 aromatic heterocycles. The number of aromatic carboxylic acids is 1. The summed E-state index contributed by atoms with van der Waals surface area (Å²) in [6, 6.07) is 8.85. The zero-order chi connectivity index (χ0) is 13.1. The van der Waals surface area contributed by atoms with Crippen molar-refractivity contribution in [3.63, 3.8) is 0 Å². The van der Waals surface area contributed by atoms with Crippen molar-refractivity contribution < 1.29 is 9.90 Å². The molecular weight excluding hydrogens is 364 g/mol. The summed E-state index contributed by atoms with van der Waals surface area (Å²) in [5.41, 5.74) is 1.60. The fourth-order valence-corrected chi connectivity index (χ4v) is 2.55. The van der Waals surface area contributed by atoms with Gasteiger partial charge in [0.05, 0.1) is 17.6 Å². The van der Waals surface area contributed by atoms with E-state index in [0.29, 0.717) is 5.69 Å². The average molecular weight is 372 g/mol. The smallest absolute Gasteiger partial charge is 0.354 e. The molecule has 18 heavy (non-hydrogen) atoms. The van der Waals surface area contributed by atoms with Crippen LogP contribution in [0.15, 0.2) is 45.5 Å². The summed E-state index contributed by atoms with van der Waals surface area (Å²) < 4.78 is 1.80. The zero-order valence-electron chi connectivity index (χ0n) is 9.02. The normalized spacial score (nSPS) is 10.1. The number of nitrogens with one attached hydrogen (secondary N) is 1. The maximum Gasteiger partial charge on any atom is 0.354 e. The molecule has 2 N–H and O–H groups in total. The van der Waals surface area contributed by atoms with Gasteiger partial charge in [0, 0.05) is 8.95 Å². The highest BCUT2D eigenvalue weighted by molar-refractivity contribution is 9.11. The van der Waals surface area contributed by atoms with Gasteiger partial charge in [-0.25, -0.2) is 9.78 Å². The van der Waals surface area contributed by atoms with Crippen molar-refractivity contribution in [3.8, 4) is 0 Å². The van der Waals surface area contributed by atoms with Crippen LogP contribution in [0.3, 0.4) is 0 Å². The molecule has 0 fully saturated rings. The van der Waals surface area contributed by atoms with E-state index >= 15 is 0 Å². The van der Waals surface area contributed by atoms with Gasteiger partial charge in [0.2, 0.25) is 0 Å². The Hall–Kier alpha value is -1.40. The van der Waals surface area contributed by atoms with E-state index in [9.17, 15) is 4.79 Å². The Bertz CT molecular complexity index is 565. The van der Waals surface area contributed by atoms with Gasteiger partial charge in [-0.05, 0) is 56.1 Å². The minimum Gasteiger partial charge on any atom is -0.477 e. The largest absolute Gasteiger partial charge is 0.477 e. The Morgan fingerprint density at radius 3 is 2.33 bits per heavy atom. The van der Waals surface area contributed by atoms with Crippen molar-refractivity contribution in [2.24, 2.45) is 0 Å². The lowest BCUT2D eigenvalue weighted by molar-refractivity contribution is 0.0690. The van der Waals surface area contributed by atoms with E-state index in [1.54, 1.807) is 6.07 Å². The average Bonchev–Trinajstić information content (AvgIpc) is 2.34. The molecule has 0 unspecified atom stereocenters. The molecule has 0 aliphatic rings. The number of carboxylic acid groups (broad SMARTS) is 1. The Labute approximate surface area is 120 Å². The van der Waals surface area contributed by atoms with Crippen LogP contribution in [-0.4, -0.2) is 16.1 Å². The van der Waals surface area contributed by atoms with Gasteiger partial charge in [0.25, 0.3) is 0 Å². The first-order valence-corrected chi connectivity index (χ1v) is 6.57. The number of rotatable bonds is 3. The second-order valence-electron chi connectivity index (χ2n) is 3.46. The highest BCUT2D eigenvalue weighted by Gasteiger charge is 2.07. The highest BCUT2D eigenvalue weighted by Crippen LogP contribution is 2.32. The Morgan fingerprint density at radius 2 is 1.83 bits per heavy atom. The quantitative estimate of drug-likeness (QED) is 0.854. The molecule has 0 radical (unpaired) electrons. The van der Waals surface area contributed by atoms with Crippen molar-refractivity contribution in [2.45, 2.75) is 0 Å². The number of benzene rings is 1. The fraction of sp³-hybridized carbons (Fsp3) is 0. The summed E-state index contributed by atoms with van der Waals surface area (Å²) in [4.78, 5) is 14.5. The summed E-state index contributed by atoms with van der Waals surface area (Å²) in [6.45, 7) is 0. The van der Waals surface area contributed by atoms with Crippen molar-refractivity contribution in [2.75, 3.05) is 5.32 Å². The number of carboxylic acids is 1. The van der Waals surface area contributed by atoms with Crippen molar-refractivity contribution in [1.29, 1.82) is 0 Å². The number of para-hydroxylation sites is 1. The van der Waals surface area contributed by atoms with Gasteiger partial charge in [-0.3, -0.25) is 0 Å². The predicted molar refractivity (Wildman–Crippen MR) is 76.3 cm³/mol. The standard InChI is InChI=1S/C12H8Br2N2O2/c13-8-2-1-3-9(14)11(8)16-7-4-5-10(12(17)18)15-6-7/h1-6,16H,(H,17,18). The molecular formula is C12H8Br2N2O2. The van der Waals surface area contributed by atoms with Crippen LogP contribution in [0.2, 0.25) is 0 Å². The van der Waals surface area contributed by atoms with Crippen LogP contribution in [0.1, 0.15) is 10.5 Å². The van der Waals surface area contributed by atoms with Crippen LogP contribution in [0, 0.1) is 0 Å². The number of halogens is 2. The number of hydrogen-bond acceptors (Lipinski definition) is 3. The maximum absolute atomic E-state index is 10.7. The number of aromatic nitrogens is 1. The third-order valence-electron chi connectivity index (χ3n) is 2.21. The minimum atomic E-state index is -1.04. The first-order valence-electron chi connectivity index (χ1n) is 4.98. The van der Waals surface area contributed by atoms with E-state index in [2.05, 4.69) is 42.2 Å². The Morgan fingerprint density at radius 1 is 1.17 bits per heavy atom. The third-order valence-corrected chi connectivity index (χ3v) is 3.54. The van der Waals surface area contributed by atoms with Crippen molar-refractivity contribution in [1.82, 2.24) is 4.98 Å². The van der Waals surface area contributed by atoms with E-state index in [4.69, 9.17) is 5.11 Å². The topological polar surface area (TPSA) is 62.2 Å². The van der Waals surface area contributed by atoms with E-state index in [0.717, 1.165) is 14.6 Å². The third kappa shape index (κ3) is 2.88. The minimum absolute atomic E-state index is 0.0201. The summed E-state index contributed by atoms with van der Waals surface area (Å²) in [5.74, 6) is -1.04. The summed E-state index contributed by atoms with van der Waals surface area (Å²) in [6.07, 6.45) is 1.48. The molecule has 0 atom stereocenters. The molecule has 0 spiro atoms. The van der Waals surface area contributed by atoms with Crippen LogP contribution in [0.5, 0.6) is 0 Å². The second-order valence-corrected chi connectivity index (χ2v) is 5.17. The van der Waals surface area contributed by atoms with Crippen LogP contribution >= 0.6 is 31.9 Å². The van der Waals surface area contributed by atoms with Crippen molar-refractivity contribution in [3.05, 3.63) is 51.2 Å². The lowest BCUT2D eigenvalue weighted by atomic mass is 10.3.